The Morgan fingerprint density at radius 1 is 1.17 bits per heavy atom. The average Bonchev–Trinajstić information content (AvgIpc) is 2.48. The van der Waals surface area contributed by atoms with E-state index >= 15 is 0 Å². The van der Waals surface area contributed by atoms with Crippen LogP contribution in [0.4, 0.5) is 5.69 Å². The van der Waals surface area contributed by atoms with Gasteiger partial charge >= 0.3 is 5.97 Å². The quantitative estimate of drug-likeness (QED) is 0.851. The van der Waals surface area contributed by atoms with Crippen molar-refractivity contribution < 1.29 is 19.4 Å². The average molecular weight is 354 g/mol. The molecule has 0 saturated heterocycles. The lowest BCUT2D eigenvalue weighted by molar-refractivity contribution is -0.118. The number of carboxylic acid groups (broad SMARTS) is 1. The first-order valence-electron chi connectivity index (χ1n) is 6.58. The minimum atomic E-state index is -1.11. The summed E-state index contributed by atoms with van der Waals surface area (Å²) < 4.78 is 5.41. The molecule has 0 heterocycles. The van der Waals surface area contributed by atoms with Crippen LogP contribution in [0.1, 0.15) is 15.9 Å². The van der Waals surface area contributed by atoms with Crippen molar-refractivity contribution in [1.82, 2.24) is 0 Å². The maximum absolute atomic E-state index is 11.9. The van der Waals surface area contributed by atoms with Crippen molar-refractivity contribution in [3.63, 3.8) is 0 Å². The molecule has 2 rings (SSSR count). The molecule has 2 aromatic rings. The summed E-state index contributed by atoms with van der Waals surface area (Å²) in [7, 11) is 0. The molecule has 1 amide bonds. The van der Waals surface area contributed by atoms with Gasteiger partial charge in [0.1, 0.15) is 5.75 Å². The molecule has 0 aliphatic carbocycles. The third-order valence-corrected chi connectivity index (χ3v) is 3.55. The summed E-state index contributed by atoms with van der Waals surface area (Å²) in [5, 5.41) is 12.3. The van der Waals surface area contributed by atoms with Crippen molar-refractivity contribution in [3.8, 4) is 5.75 Å². The zero-order valence-electron chi connectivity index (χ0n) is 12.1. The van der Waals surface area contributed by atoms with Crippen molar-refractivity contribution in [2.75, 3.05) is 11.9 Å². The van der Waals surface area contributed by atoms with Gasteiger partial charge in [-0.1, -0.05) is 23.2 Å². The van der Waals surface area contributed by atoms with Gasteiger partial charge in [-0.3, -0.25) is 4.79 Å². The van der Waals surface area contributed by atoms with Gasteiger partial charge in [0, 0.05) is 5.02 Å². The van der Waals surface area contributed by atoms with Crippen LogP contribution in [0.25, 0.3) is 0 Å². The van der Waals surface area contributed by atoms with Crippen LogP contribution in [0.2, 0.25) is 10.0 Å². The number of aromatic carboxylic acids is 1. The number of benzene rings is 2. The smallest absolute Gasteiger partial charge is 0.335 e. The van der Waals surface area contributed by atoms with Crippen LogP contribution in [0.3, 0.4) is 0 Å². The van der Waals surface area contributed by atoms with E-state index in [1.165, 1.54) is 18.2 Å². The monoisotopic (exact) mass is 353 g/mol. The van der Waals surface area contributed by atoms with Crippen LogP contribution in [-0.2, 0) is 4.79 Å². The van der Waals surface area contributed by atoms with Crippen molar-refractivity contribution >= 4 is 40.8 Å². The summed E-state index contributed by atoms with van der Waals surface area (Å²) >= 11 is 11.8. The lowest BCUT2D eigenvalue weighted by atomic mass is 10.2. The highest BCUT2D eigenvalue weighted by Crippen LogP contribution is 2.24. The summed E-state index contributed by atoms with van der Waals surface area (Å²) in [4.78, 5) is 22.9. The zero-order valence-corrected chi connectivity index (χ0v) is 13.6. The number of aryl methyl sites for hydroxylation is 1. The molecule has 0 bridgehead atoms. The highest BCUT2D eigenvalue weighted by atomic mass is 35.5. The Hall–Kier alpha value is -2.24. The van der Waals surface area contributed by atoms with Crippen LogP contribution in [0.5, 0.6) is 5.75 Å². The van der Waals surface area contributed by atoms with E-state index in [0.717, 1.165) is 5.56 Å². The molecule has 7 heteroatoms. The van der Waals surface area contributed by atoms with E-state index < -0.39 is 11.9 Å². The van der Waals surface area contributed by atoms with Crippen LogP contribution in [0.15, 0.2) is 36.4 Å². The second-order valence-corrected chi connectivity index (χ2v) is 5.59. The predicted molar refractivity (Wildman–Crippen MR) is 88.7 cm³/mol. The van der Waals surface area contributed by atoms with Gasteiger partial charge < -0.3 is 15.2 Å². The molecule has 2 aromatic carbocycles. The largest absolute Gasteiger partial charge is 0.483 e. The summed E-state index contributed by atoms with van der Waals surface area (Å²) in [5.41, 5.74) is 1.04. The fourth-order valence-corrected chi connectivity index (χ4v) is 2.25. The predicted octanol–water partition coefficient (Wildman–Crippen LogP) is 4.02. The molecule has 0 aliphatic heterocycles. The number of anilines is 1. The lowest BCUT2D eigenvalue weighted by Crippen LogP contribution is -2.20. The molecule has 0 unspecified atom stereocenters. The minimum Gasteiger partial charge on any atom is -0.483 e. The van der Waals surface area contributed by atoms with Crippen molar-refractivity contribution in [1.29, 1.82) is 0 Å². The number of carboxylic acids is 1. The maximum atomic E-state index is 11.9. The molecule has 0 fully saturated rings. The van der Waals surface area contributed by atoms with Crippen molar-refractivity contribution in [2.24, 2.45) is 0 Å². The molecule has 0 saturated carbocycles. The standard InChI is InChI=1S/C16H13Cl2NO4/c1-9-6-11(17)3-5-14(9)23-8-15(20)19-13-7-10(16(21)22)2-4-12(13)18/h2-7H,8H2,1H3,(H,19,20)(H,21,22). The number of amides is 1. The highest BCUT2D eigenvalue weighted by Gasteiger charge is 2.11. The SMILES string of the molecule is Cc1cc(Cl)ccc1OCC(=O)Nc1cc(C(=O)O)ccc1Cl. The number of halogens is 2. The summed E-state index contributed by atoms with van der Waals surface area (Å²) in [6.07, 6.45) is 0. The van der Waals surface area contributed by atoms with Gasteiger partial charge in [0.2, 0.25) is 0 Å². The molecule has 0 aliphatic rings. The molecule has 2 N–H and O–H groups in total. The molecule has 23 heavy (non-hydrogen) atoms. The van der Waals surface area contributed by atoms with Gasteiger partial charge in [-0.15, -0.1) is 0 Å². The Morgan fingerprint density at radius 3 is 2.57 bits per heavy atom. The third kappa shape index (κ3) is 4.61. The fourth-order valence-electron chi connectivity index (χ4n) is 1.86. The Kier molecular flexibility index (Phi) is 5.47. The minimum absolute atomic E-state index is 0.0270. The number of hydrogen-bond donors (Lipinski definition) is 2. The zero-order chi connectivity index (χ0) is 17.0. The van der Waals surface area contributed by atoms with Crippen LogP contribution < -0.4 is 10.1 Å². The number of nitrogens with one attached hydrogen (secondary N) is 1. The first-order valence-corrected chi connectivity index (χ1v) is 7.34. The molecule has 5 nitrogen and oxygen atoms in total. The van der Waals surface area contributed by atoms with Gasteiger partial charge in [0.25, 0.3) is 5.91 Å². The Bertz CT molecular complexity index is 762. The lowest BCUT2D eigenvalue weighted by Gasteiger charge is -2.11. The Labute approximate surface area is 142 Å². The summed E-state index contributed by atoms with van der Waals surface area (Å²) in [6, 6.07) is 9.11. The second-order valence-electron chi connectivity index (χ2n) is 4.75. The van der Waals surface area contributed by atoms with Crippen molar-refractivity contribution in [2.45, 2.75) is 6.92 Å². The van der Waals surface area contributed by atoms with Gasteiger partial charge in [-0.05, 0) is 48.9 Å². The van der Waals surface area contributed by atoms with Crippen molar-refractivity contribution in [3.05, 3.63) is 57.6 Å². The molecule has 120 valence electrons. The van der Waals surface area contributed by atoms with E-state index in [1.807, 2.05) is 6.92 Å². The Balaban J connectivity index is 2.02. The van der Waals surface area contributed by atoms with E-state index in [0.29, 0.717) is 10.8 Å². The van der Waals surface area contributed by atoms with Gasteiger partial charge in [-0.25, -0.2) is 4.79 Å². The summed E-state index contributed by atoms with van der Waals surface area (Å²) in [5.74, 6) is -1.02. The number of rotatable bonds is 5. The third-order valence-electron chi connectivity index (χ3n) is 2.98. The first-order chi connectivity index (χ1) is 10.9. The molecule has 0 radical (unpaired) electrons. The maximum Gasteiger partial charge on any atom is 0.335 e. The highest BCUT2D eigenvalue weighted by molar-refractivity contribution is 6.33. The van der Waals surface area contributed by atoms with E-state index in [-0.39, 0.29) is 22.9 Å². The van der Waals surface area contributed by atoms with Crippen LogP contribution >= 0.6 is 23.2 Å². The van der Waals surface area contributed by atoms with Crippen LogP contribution in [0, 0.1) is 6.92 Å². The number of carbonyl (C=O) groups is 2. The topological polar surface area (TPSA) is 75.6 Å². The van der Waals surface area contributed by atoms with E-state index in [9.17, 15) is 9.59 Å². The molecular formula is C16H13Cl2NO4. The summed E-state index contributed by atoms with van der Waals surface area (Å²) in [6.45, 7) is 1.57. The number of hydrogen-bond acceptors (Lipinski definition) is 3. The molecule has 0 aromatic heterocycles. The molecule has 0 atom stereocenters. The Morgan fingerprint density at radius 2 is 1.91 bits per heavy atom. The van der Waals surface area contributed by atoms with Gasteiger partial charge in [-0.2, -0.15) is 0 Å². The van der Waals surface area contributed by atoms with Crippen LogP contribution in [-0.4, -0.2) is 23.6 Å². The fraction of sp³-hybridized carbons (Fsp3) is 0.125. The second kappa shape index (κ2) is 7.35. The molecular weight excluding hydrogens is 341 g/mol. The number of carbonyl (C=O) groups excluding carboxylic acids is 1. The normalized spacial score (nSPS) is 10.2. The van der Waals surface area contributed by atoms with E-state index in [2.05, 4.69) is 5.32 Å². The van der Waals surface area contributed by atoms with Gasteiger partial charge in [0.15, 0.2) is 6.61 Å². The number of ether oxygens (including phenoxy) is 1. The van der Waals surface area contributed by atoms with E-state index in [1.54, 1.807) is 18.2 Å². The molecule has 0 spiro atoms. The van der Waals surface area contributed by atoms with Gasteiger partial charge in [0.05, 0.1) is 16.3 Å². The van der Waals surface area contributed by atoms with E-state index in [4.69, 9.17) is 33.0 Å². The first kappa shape index (κ1) is 17.1.